The third kappa shape index (κ3) is 5.15. The lowest BCUT2D eigenvalue weighted by molar-refractivity contribution is -0.148. The van der Waals surface area contributed by atoms with Gasteiger partial charge in [0.05, 0.1) is 11.1 Å². The molecule has 2 aromatic rings. The zero-order chi connectivity index (χ0) is 25.7. The number of aromatic amines is 1. The molecule has 0 atom stereocenters. The van der Waals surface area contributed by atoms with E-state index in [-0.39, 0.29) is 35.7 Å². The first-order valence-corrected chi connectivity index (χ1v) is 11.2. The average Bonchev–Trinajstić information content (AvgIpc) is 3.07. The van der Waals surface area contributed by atoms with E-state index in [1.165, 1.54) is 12.1 Å². The van der Waals surface area contributed by atoms with E-state index in [0.29, 0.717) is 19.3 Å². The topological polar surface area (TPSA) is 165 Å². The van der Waals surface area contributed by atoms with Gasteiger partial charge in [0.1, 0.15) is 12.4 Å². The first-order chi connectivity index (χ1) is 16.7. The van der Waals surface area contributed by atoms with Crippen LogP contribution in [0.5, 0.6) is 0 Å². The van der Waals surface area contributed by atoms with Crippen molar-refractivity contribution in [3.8, 4) is 0 Å². The van der Waals surface area contributed by atoms with Gasteiger partial charge in [-0.15, -0.1) is 0 Å². The molecule has 12 nitrogen and oxygen atoms in total. The first kappa shape index (κ1) is 25.4. The van der Waals surface area contributed by atoms with Gasteiger partial charge in [0.25, 0.3) is 23.3 Å². The molecule has 0 saturated heterocycles. The Labute approximate surface area is 200 Å². The molecule has 0 fully saturated rings. The maximum Gasteiger partial charge on any atom is 0.330 e. The lowest BCUT2D eigenvalue weighted by Gasteiger charge is -2.24. The summed E-state index contributed by atoms with van der Waals surface area (Å²) in [5, 5.41) is 0. The normalized spacial score (nSPS) is 12.6. The number of nitrogen functional groups attached to an aromatic ring is 1. The predicted molar refractivity (Wildman–Crippen MR) is 126 cm³/mol. The molecule has 0 radical (unpaired) electrons. The number of nitrogens with one attached hydrogen (secondary N) is 1. The van der Waals surface area contributed by atoms with Gasteiger partial charge in [-0.25, -0.2) is 4.79 Å². The molecule has 186 valence electrons. The van der Waals surface area contributed by atoms with Gasteiger partial charge >= 0.3 is 11.7 Å². The summed E-state index contributed by atoms with van der Waals surface area (Å²) in [6.45, 7) is 2.62. The molecule has 1 aromatic carbocycles. The van der Waals surface area contributed by atoms with Gasteiger partial charge < -0.3 is 15.4 Å². The zero-order valence-corrected chi connectivity index (χ0v) is 19.5. The molecule has 3 amide bonds. The Kier molecular flexibility index (Phi) is 7.84. The molecular formula is C23H27N5O7. The molecule has 2 heterocycles. The number of carbonyl (C=O) groups excluding carboxylic acids is 4. The number of carbonyl (C=O) groups is 4. The number of hydrogen-bond acceptors (Lipinski definition) is 8. The minimum atomic E-state index is -0.971. The number of amides is 3. The fourth-order valence-electron chi connectivity index (χ4n) is 3.74. The molecule has 3 N–H and O–H groups in total. The third-order valence-corrected chi connectivity index (χ3v) is 5.49. The van der Waals surface area contributed by atoms with E-state index < -0.39 is 48.1 Å². The smallest absolute Gasteiger partial charge is 0.330 e. The molecule has 0 unspecified atom stereocenters. The molecule has 0 bridgehead atoms. The highest BCUT2D eigenvalue weighted by Gasteiger charge is 2.36. The van der Waals surface area contributed by atoms with E-state index in [1.54, 1.807) is 12.1 Å². The van der Waals surface area contributed by atoms with Crippen molar-refractivity contribution in [3.63, 3.8) is 0 Å². The fraction of sp³-hybridized carbons (Fsp3) is 0.391. The Morgan fingerprint density at radius 1 is 1.03 bits per heavy atom. The summed E-state index contributed by atoms with van der Waals surface area (Å²) < 4.78 is 6.19. The summed E-state index contributed by atoms with van der Waals surface area (Å²) in [5.74, 6) is -3.14. The summed E-state index contributed by atoms with van der Waals surface area (Å²) in [6, 6.07) is 6.17. The van der Waals surface area contributed by atoms with Crippen LogP contribution in [-0.2, 0) is 20.9 Å². The standard InChI is InChI=1S/C23H27N5O7/c1-3-5-11-26(18-19(24)27(10-4-2)23(34)25-20(18)31)16(29)13-35-17(30)12-28-21(32)14-8-6-7-9-15(14)22(28)33/h6-9H,3-5,10-13,24H2,1-2H3,(H,25,31,34). The number of hydrogen-bond donors (Lipinski definition) is 2. The summed E-state index contributed by atoms with van der Waals surface area (Å²) in [7, 11) is 0. The number of H-pyrrole nitrogens is 1. The van der Waals surface area contributed by atoms with Crippen LogP contribution in [0.3, 0.4) is 0 Å². The molecule has 1 aliphatic heterocycles. The molecular weight excluding hydrogens is 458 g/mol. The second-order valence-electron chi connectivity index (χ2n) is 7.95. The lowest BCUT2D eigenvalue weighted by atomic mass is 10.1. The zero-order valence-electron chi connectivity index (χ0n) is 19.5. The highest BCUT2D eigenvalue weighted by atomic mass is 16.5. The highest BCUT2D eigenvalue weighted by molar-refractivity contribution is 6.22. The van der Waals surface area contributed by atoms with Crippen LogP contribution in [0.1, 0.15) is 53.8 Å². The number of fused-ring (bicyclic) bond motifs is 1. The number of nitrogens with zero attached hydrogens (tertiary/aromatic N) is 3. The summed E-state index contributed by atoms with van der Waals surface area (Å²) >= 11 is 0. The molecule has 3 rings (SSSR count). The number of ether oxygens (including phenoxy) is 1. The molecule has 35 heavy (non-hydrogen) atoms. The van der Waals surface area contributed by atoms with Crippen molar-refractivity contribution in [2.24, 2.45) is 0 Å². The molecule has 1 aromatic heterocycles. The van der Waals surface area contributed by atoms with Gasteiger partial charge in [-0.1, -0.05) is 32.4 Å². The van der Waals surface area contributed by atoms with Gasteiger partial charge in [-0.2, -0.15) is 0 Å². The monoisotopic (exact) mass is 485 g/mol. The van der Waals surface area contributed by atoms with Crippen molar-refractivity contribution in [2.75, 3.05) is 30.3 Å². The summed E-state index contributed by atoms with van der Waals surface area (Å²) in [6.07, 6.45) is 1.77. The van der Waals surface area contributed by atoms with Crippen LogP contribution in [-0.4, -0.2) is 57.8 Å². The Morgan fingerprint density at radius 3 is 2.23 bits per heavy atom. The van der Waals surface area contributed by atoms with Crippen molar-refractivity contribution in [1.29, 1.82) is 0 Å². The van der Waals surface area contributed by atoms with E-state index in [4.69, 9.17) is 10.5 Å². The summed E-state index contributed by atoms with van der Waals surface area (Å²) in [5.41, 5.74) is 4.73. The fourth-order valence-corrected chi connectivity index (χ4v) is 3.74. The van der Waals surface area contributed by atoms with Crippen LogP contribution in [0.4, 0.5) is 11.5 Å². The van der Waals surface area contributed by atoms with Crippen molar-refractivity contribution in [2.45, 2.75) is 39.7 Å². The van der Waals surface area contributed by atoms with Crippen LogP contribution >= 0.6 is 0 Å². The van der Waals surface area contributed by atoms with Crippen molar-refractivity contribution < 1.29 is 23.9 Å². The number of rotatable bonds is 10. The SMILES string of the molecule is CCCCN(C(=O)COC(=O)CN1C(=O)c2ccccc2C1=O)c1c(N)n(CCC)c(=O)[nH]c1=O. The molecule has 0 spiro atoms. The van der Waals surface area contributed by atoms with Gasteiger partial charge in [-0.3, -0.25) is 38.4 Å². The Hall–Kier alpha value is -4.22. The minimum Gasteiger partial charge on any atom is -0.454 e. The quantitative estimate of drug-likeness (QED) is 0.363. The van der Waals surface area contributed by atoms with Crippen LogP contribution in [0.2, 0.25) is 0 Å². The van der Waals surface area contributed by atoms with Gasteiger partial charge in [0.15, 0.2) is 12.3 Å². The molecule has 0 saturated carbocycles. The molecule has 1 aliphatic rings. The predicted octanol–water partition coefficient (Wildman–Crippen LogP) is 0.501. The number of aromatic nitrogens is 2. The van der Waals surface area contributed by atoms with Crippen LogP contribution < -0.4 is 21.9 Å². The van der Waals surface area contributed by atoms with Crippen molar-refractivity contribution >= 4 is 35.2 Å². The minimum absolute atomic E-state index is 0.100. The third-order valence-electron chi connectivity index (χ3n) is 5.49. The highest BCUT2D eigenvalue weighted by Crippen LogP contribution is 2.22. The number of unbranched alkanes of at least 4 members (excludes halogenated alkanes) is 1. The second kappa shape index (κ2) is 10.8. The molecule has 12 heteroatoms. The molecule has 0 aliphatic carbocycles. The largest absolute Gasteiger partial charge is 0.454 e. The summed E-state index contributed by atoms with van der Waals surface area (Å²) in [4.78, 5) is 78.8. The average molecular weight is 485 g/mol. The van der Waals surface area contributed by atoms with E-state index >= 15 is 0 Å². The van der Waals surface area contributed by atoms with E-state index in [1.807, 2.05) is 13.8 Å². The van der Waals surface area contributed by atoms with E-state index in [0.717, 1.165) is 14.4 Å². The van der Waals surface area contributed by atoms with Crippen molar-refractivity contribution in [1.82, 2.24) is 14.5 Å². The number of esters is 1. The van der Waals surface area contributed by atoms with Crippen LogP contribution in [0, 0.1) is 0 Å². The maximum absolute atomic E-state index is 13.0. The first-order valence-electron chi connectivity index (χ1n) is 11.2. The van der Waals surface area contributed by atoms with Crippen LogP contribution in [0.15, 0.2) is 33.9 Å². The van der Waals surface area contributed by atoms with E-state index in [2.05, 4.69) is 4.98 Å². The number of benzene rings is 1. The van der Waals surface area contributed by atoms with Gasteiger partial charge in [0, 0.05) is 13.1 Å². The number of anilines is 2. The lowest BCUT2D eigenvalue weighted by Crippen LogP contribution is -2.43. The Morgan fingerprint density at radius 2 is 1.66 bits per heavy atom. The number of imide groups is 1. The number of nitrogens with two attached hydrogens (primary N) is 1. The van der Waals surface area contributed by atoms with Gasteiger partial charge in [-0.05, 0) is 25.0 Å². The van der Waals surface area contributed by atoms with Crippen molar-refractivity contribution in [3.05, 3.63) is 56.2 Å². The van der Waals surface area contributed by atoms with Gasteiger partial charge in [0.2, 0.25) is 0 Å². The van der Waals surface area contributed by atoms with Crippen LogP contribution in [0.25, 0.3) is 0 Å². The maximum atomic E-state index is 13.0. The van der Waals surface area contributed by atoms with E-state index in [9.17, 15) is 28.8 Å². The Balaban J connectivity index is 1.75. The second-order valence-corrected chi connectivity index (χ2v) is 7.95. The Bertz CT molecular complexity index is 1240.